The van der Waals surface area contributed by atoms with E-state index in [4.69, 9.17) is 10.2 Å². The van der Waals surface area contributed by atoms with Gasteiger partial charge in [-0.15, -0.1) is 0 Å². The predicted octanol–water partition coefficient (Wildman–Crippen LogP) is -1.23. The molecule has 0 heterocycles. The van der Waals surface area contributed by atoms with Gasteiger partial charge in [0.15, 0.2) is 0 Å². The van der Waals surface area contributed by atoms with Crippen molar-refractivity contribution in [3.63, 3.8) is 0 Å². The Morgan fingerprint density at radius 2 is 1.17 bits per heavy atom. The largest absolute Gasteiger partial charge is 0.480 e. The number of hydrogen-bond donors (Lipinski definition) is 5. The number of carbonyl (C=O) groups is 5. The van der Waals surface area contributed by atoms with Crippen molar-refractivity contribution in [1.29, 1.82) is 0 Å². The Morgan fingerprint density at radius 1 is 0.759 bits per heavy atom. The minimum Gasteiger partial charge on any atom is -0.480 e. The smallest absolute Gasteiger partial charge is 0.317 e. The maximum atomic E-state index is 11.7. The average Bonchev–Trinajstić information content (AvgIpc) is 2.58. The number of rotatable bonds is 12. The van der Waals surface area contributed by atoms with Gasteiger partial charge >= 0.3 is 23.9 Å². The molecule has 1 aliphatic rings. The summed E-state index contributed by atoms with van der Waals surface area (Å²) in [5.41, 5.74) is 0. The van der Waals surface area contributed by atoms with Crippen LogP contribution in [-0.2, 0) is 24.0 Å². The van der Waals surface area contributed by atoms with E-state index < -0.39 is 62.1 Å². The molecule has 1 fully saturated rings. The predicted molar refractivity (Wildman–Crippen MR) is 106 cm³/mol. The molecule has 1 amide bonds. The standard InChI is InChI=1S/C16H24IN3O9/c17-4-12(21)18-9-1-2-10(19(5-13(22)23)6-14(24)25)11(3-9)20(7-15(26)27)8-16(28)29/h9-11H,1-8H2,(H,18,21)(H,22,23)(H,24,25)(H,26,27)(H,28,29). The topological polar surface area (TPSA) is 185 Å². The molecule has 0 aromatic carbocycles. The first-order chi connectivity index (χ1) is 13.5. The van der Waals surface area contributed by atoms with Crippen LogP contribution in [0.5, 0.6) is 0 Å². The zero-order valence-corrected chi connectivity index (χ0v) is 17.6. The summed E-state index contributed by atoms with van der Waals surface area (Å²) in [5, 5.41) is 39.5. The third-order valence-electron chi connectivity index (χ3n) is 4.56. The van der Waals surface area contributed by atoms with Gasteiger partial charge in [-0.3, -0.25) is 33.8 Å². The van der Waals surface area contributed by atoms with Crippen LogP contribution in [0, 0.1) is 0 Å². The van der Waals surface area contributed by atoms with Gasteiger partial charge in [0.2, 0.25) is 5.91 Å². The lowest BCUT2D eigenvalue weighted by molar-refractivity contribution is -0.149. The Hall–Kier alpha value is -2.00. The molecule has 0 aromatic rings. The number of hydrogen-bond acceptors (Lipinski definition) is 7. The summed E-state index contributed by atoms with van der Waals surface area (Å²) in [4.78, 5) is 59.1. The number of amides is 1. The van der Waals surface area contributed by atoms with Gasteiger partial charge in [-0.05, 0) is 19.3 Å². The van der Waals surface area contributed by atoms with Crippen molar-refractivity contribution in [2.45, 2.75) is 37.4 Å². The van der Waals surface area contributed by atoms with E-state index in [2.05, 4.69) is 5.32 Å². The second kappa shape index (κ2) is 11.9. The van der Waals surface area contributed by atoms with Crippen molar-refractivity contribution >= 4 is 52.4 Å². The molecule has 13 heteroatoms. The number of halogens is 1. The molecule has 0 bridgehead atoms. The molecule has 0 saturated heterocycles. The number of carboxylic acid groups (broad SMARTS) is 4. The summed E-state index contributed by atoms with van der Waals surface area (Å²) in [7, 11) is 0. The van der Waals surface area contributed by atoms with Gasteiger partial charge in [-0.2, -0.15) is 0 Å². The molecule has 1 saturated carbocycles. The van der Waals surface area contributed by atoms with Gasteiger partial charge in [0.05, 0.1) is 30.6 Å². The summed E-state index contributed by atoms with van der Waals surface area (Å²) in [5.74, 6) is -5.29. The van der Waals surface area contributed by atoms with Crippen LogP contribution in [0.2, 0.25) is 0 Å². The molecule has 1 aliphatic carbocycles. The number of aliphatic carboxylic acids is 4. The summed E-state index contributed by atoms with van der Waals surface area (Å²) in [6, 6.07) is -1.83. The minimum atomic E-state index is -1.27. The third kappa shape index (κ3) is 8.91. The fourth-order valence-electron chi connectivity index (χ4n) is 3.62. The van der Waals surface area contributed by atoms with Crippen LogP contribution in [0.15, 0.2) is 0 Å². The zero-order valence-electron chi connectivity index (χ0n) is 15.5. The maximum Gasteiger partial charge on any atom is 0.317 e. The van der Waals surface area contributed by atoms with Crippen LogP contribution in [0.1, 0.15) is 19.3 Å². The Morgan fingerprint density at radius 3 is 1.55 bits per heavy atom. The normalized spacial score (nSPS) is 21.7. The van der Waals surface area contributed by atoms with Gasteiger partial charge in [-0.1, -0.05) is 22.6 Å². The molecule has 3 unspecified atom stereocenters. The van der Waals surface area contributed by atoms with Crippen LogP contribution in [0.3, 0.4) is 0 Å². The van der Waals surface area contributed by atoms with E-state index in [1.807, 2.05) is 22.6 Å². The highest BCUT2D eigenvalue weighted by molar-refractivity contribution is 14.1. The van der Waals surface area contributed by atoms with E-state index in [1.54, 1.807) is 0 Å². The molecule has 0 radical (unpaired) electrons. The summed E-state index contributed by atoms with van der Waals surface area (Å²) < 4.78 is 0.209. The molecule has 164 valence electrons. The SMILES string of the molecule is O=C(O)CN(CC(=O)O)C1CCC(NC(=O)CI)CC1N(CC(=O)O)CC(=O)O. The number of nitrogens with one attached hydrogen (secondary N) is 1. The summed E-state index contributed by atoms with van der Waals surface area (Å²) in [6.45, 7) is -2.42. The lowest BCUT2D eigenvalue weighted by Gasteiger charge is -2.45. The lowest BCUT2D eigenvalue weighted by atomic mass is 9.84. The molecule has 5 N–H and O–H groups in total. The van der Waals surface area contributed by atoms with Gasteiger partial charge in [0.25, 0.3) is 0 Å². The third-order valence-corrected chi connectivity index (χ3v) is 5.25. The molecule has 0 aromatic heterocycles. The second-order valence-corrected chi connectivity index (χ2v) is 7.49. The van der Waals surface area contributed by atoms with Crippen molar-refractivity contribution in [2.75, 3.05) is 30.6 Å². The molecular weight excluding hydrogens is 505 g/mol. The average molecular weight is 529 g/mol. The number of alkyl halides is 1. The molecule has 3 atom stereocenters. The first-order valence-electron chi connectivity index (χ1n) is 8.74. The Labute approximate surface area is 180 Å². The van der Waals surface area contributed by atoms with Crippen molar-refractivity contribution in [2.24, 2.45) is 0 Å². The van der Waals surface area contributed by atoms with E-state index in [9.17, 15) is 34.2 Å². The fraction of sp³-hybridized carbons (Fsp3) is 0.688. The molecule has 1 rings (SSSR count). The van der Waals surface area contributed by atoms with Gasteiger partial charge in [0, 0.05) is 18.1 Å². The highest BCUT2D eigenvalue weighted by Crippen LogP contribution is 2.28. The first kappa shape index (κ1) is 25.0. The van der Waals surface area contributed by atoms with E-state index in [0.717, 1.165) is 0 Å². The van der Waals surface area contributed by atoms with Gasteiger partial charge < -0.3 is 25.7 Å². The van der Waals surface area contributed by atoms with Crippen LogP contribution in [-0.4, -0.2) is 109 Å². The quantitative estimate of drug-likeness (QED) is 0.151. The maximum absolute atomic E-state index is 11.7. The molecule has 0 spiro atoms. The number of carboxylic acids is 4. The van der Waals surface area contributed by atoms with E-state index in [0.29, 0.717) is 6.42 Å². The van der Waals surface area contributed by atoms with Crippen molar-refractivity contribution in [3.8, 4) is 0 Å². The van der Waals surface area contributed by atoms with Gasteiger partial charge in [-0.25, -0.2) is 0 Å². The van der Waals surface area contributed by atoms with Gasteiger partial charge in [0.1, 0.15) is 0 Å². The van der Waals surface area contributed by atoms with Crippen LogP contribution in [0.25, 0.3) is 0 Å². The fourth-order valence-corrected chi connectivity index (χ4v) is 3.84. The molecule has 12 nitrogen and oxygen atoms in total. The van der Waals surface area contributed by atoms with Crippen molar-refractivity contribution < 1.29 is 44.4 Å². The lowest BCUT2D eigenvalue weighted by Crippen LogP contribution is -2.60. The second-order valence-electron chi connectivity index (χ2n) is 6.73. The van der Waals surface area contributed by atoms with E-state index in [1.165, 1.54) is 9.80 Å². The number of carbonyl (C=O) groups excluding carboxylic acids is 1. The highest BCUT2D eigenvalue weighted by atomic mass is 127. The van der Waals surface area contributed by atoms with Crippen LogP contribution >= 0.6 is 22.6 Å². The molecule has 29 heavy (non-hydrogen) atoms. The van der Waals surface area contributed by atoms with Crippen LogP contribution < -0.4 is 5.32 Å². The Bertz CT molecular complexity index is 613. The van der Waals surface area contributed by atoms with Crippen molar-refractivity contribution in [3.05, 3.63) is 0 Å². The summed E-state index contributed by atoms with van der Waals surface area (Å²) >= 11 is 1.88. The minimum absolute atomic E-state index is 0.170. The number of nitrogens with zero attached hydrogens (tertiary/aromatic N) is 2. The Kier molecular flexibility index (Phi) is 10.2. The van der Waals surface area contributed by atoms with E-state index >= 15 is 0 Å². The molecular formula is C16H24IN3O9. The van der Waals surface area contributed by atoms with Crippen LogP contribution in [0.4, 0.5) is 0 Å². The Balaban J connectivity index is 3.21. The first-order valence-corrected chi connectivity index (χ1v) is 10.3. The highest BCUT2D eigenvalue weighted by Gasteiger charge is 2.40. The zero-order chi connectivity index (χ0) is 22.1. The summed E-state index contributed by atoms with van der Waals surface area (Å²) in [6.07, 6.45) is 0.865. The monoisotopic (exact) mass is 529 g/mol. The van der Waals surface area contributed by atoms with E-state index in [-0.39, 0.29) is 29.2 Å². The van der Waals surface area contributed by atoms with Crippen molar-refractivity contribution in [1.82, 2.24) is 15.1 Å². The molecule has 0 aliphatic heterocycles.